The summed E-state index contributed by atoms with van der Waals surface area (Å²) in [6.07, 6.45) is 1.99. The lowest BCUT2D eigenvalue weighted by Gasteiger charge is -2.07. The highest BCUT2D eigenvalue weighted by atomic mass is 16.1. The van der Waals surface area contributed by atoms with Crippen LogP contribution in [-0.4, -0.2) is 35.5 Å². The molecule has 0 unspecified atom stereocenters. The molecule has 0 atom stereocenters. The molecular weight excluding hydrogens is 378 g/mol. The Morgan fingerprint density at radius 3 is 2.50 bits per heavy atom. The molecule has 8 nitrogen and oxygen atoms in total. The Labute approximate surface area is 174 Å². The zero-order valence-corrected chi connectivity index (χ0v) is 17.7. The molecule has 0 aliphatic heterocycles. The van der Waals surface area contributed by atoms with E-state index in [1.54, 1.807) is 4.52 Å². The average Bonchev–Trinajstić information content (AvgIpc) is 3.26. The zero-order valence-electron chi connectivity index (χ0n) is 17.7. The number of rotatable bonds is 6. The van der Waals surface area contributed by atoms with Gasteiger partial charge in [-0.2, -0.15) is 9.61 Å². The van der Waals surface area contributed by atoms with Gasteiger partial charge in [0.15, 0.2) is 17.3 Å². The smallest absolute Gasteiger partial charge is 0.224 e. The molecule has 3 aromatic heterocycles. The highest BCUT2D eigenvalue weighted by molar-refractivity contribution is 5.90. The molecule has 1 amide bonds. The van der Waals surface area contributed by atoms with E-state index in [9.17, 15) is 4.79 Å². The van der Waals surface area contributed by atoms with Gasteiger partial charge < -0.3 is 5.32 Å². The van der Waals surface area contributed by atoms with Crippen molar-refractivity contribution in [2.75, 3.05) is 5.32 Å². The number of fused-ring (bicyclic) bond motifs is 1. The third kappa shape index (κ3) is 3.80. The summed E-state index contributed by atoms with van der Waals surface area (Å²) in [5.41, 5.74) is 5.71. The maximum atomic E-state index is 12.4. The van der Waals surface area contributed by atoms with E-state index in [0.717, 1.165) is 34.9 Å². The normalized spacial score (nSPS) is 11.2. The highest BCUT2D eigenvalue weighted by Crippen LogP contribution is 2.19. The molecule has 0 saturated heterocycles. The van der Waals surface area contributed by atoms with E-state index >= 15 is 0 Å². The van der Waals surface area contributed by atoms with Gasteiger partial charge in [-0.25, -0.2) is 4.68 Å². The minimum atomic E-state index is -0.00884. The van der Waals surface area contributed by atoms with Crippen molar-refractivity contribution in [3.8, 4) is 5.82 Å². The molecule has 0 aliphatic carbocycles. The summed E-state index contributed by atoms with van der Waals surface area (Å²) in [6, 6.07) is 11.7. The van der Waals surface area contributed by atoms with Gasteiger partial charge in [0.25, 0.3) is 0 Å². The number of anilines is 1. The van der Waals surface area contributed by atoms with Crippen molar-refractivity contribution in [3.63, 3.8) is 0 Å². The number of benzene rings is 1. The van der Waals surface area contributed by atoms with E-state index in [1.165, 1.54) is 5.56 Å². The summed E-state index contributed by atoms with van der Waals surface area (Å²) in [6.45, 7) is 7.93. The van der Waals surface area contributed by atoms with Crippen LogP contribution in [-0.2, 0) is 17.6 Å². The van der Waals surface area contributed by atoms with Gasteiger partial charge >= 0.3 is 0 Å². The Hall–Kier alpha value is -3.55. The minimum Gasteiger partial charge on any atom is -0.326 e. The molecule has 1 N–H and O–H groups in total. The number of hydrogen-bond acceptors (Lipinski definition) is 5. The fourth-order valence-electron chi connectivity index (χ4n) is 3.55. The molecule has 0 aliphatic rings. The summed E-state index contributed by atoms with van der Waals surface area (Å²) in [7, 11) is 0. The lowest BCUT2D eigenvalue weighted by Crippen LogP contribution is -2.13. The first kappa shape index (κ1) is 19.8. The summed E-state index contributed by atoms with van der Waals surface area (Å²) in [4.78, 5) is 12.4. The van der Waals surface area contributed by atoms with E-state index in [2.05, 4.69) is 32.6 Å². The second-order valence-corrected chi connectivity index (χ2v) is 7.37. The standard InChI is InChI=1S/C22H25N7O/c1-5-17-6-8-18(9-7-17)23-22(30)13-10-19-14(2)26-28(15(19)3)21-12-11-20-25-24-16(4)29(20)27-21/h6-9,11-12H,5,10,13H2,1-4H3,(H,23,30). The van der Waals surface area contributed by atoms with Crippen molar-refractivity contribution in [3.05, 3.63) is 64.7 Å². The second kappa shape index (κ2) is 8.06. The lowest BCUT2D eigenvalue weighted by molar-refractivity contribution is -0.116. The number of carbonyl (C=O) groups excluding carboxylic acids is 1. The van der Waals surface area contributed by atoms with Gasteiger partial charge in [-0.1, -0.05) is 19.1 Å². The monoisotopic (exact) mass is 403 g/mol. The van der Waals surface area contributed by atoms with Gasteiger partial charge in [0.1, 0.15) is 0 Å². The van der Waals surface area contributed by atoms with Crippen LogP contribution in [0.5, 0.6) is 0 Å². The number of nitrogens with one attached hydrogen (secondary N) is 1. The molecule has 0 spiro atoms. The minimum absolute atomic E-state index is 0.00884. The van der Waals surface area contributed by atoms with Gasteiger partial charge in [0.05, 0.1) is 5.69 Å². The topological polar surface area (TPSA) is 90.0 Å². The van der Waals surface area contributed by atoms with Crippen molar-refractivity contribution >= 4 is 17.2 Å². The van der Waals surface area contributed by atoms with E-state index < -0.39 is 0 Å². The summed E-state index contributed by atoms with van der Waals surface area (Å²) in [5.74, 6) is 1.40. The second-order valence-electron chi connectivity index (χ2n) is 7.37. The molecule has 1 aromatic carbocycles. The number of amides is 1. The first-order chi connectivity index (χ1) is 14.5. The molecular formula is C22H25N7O. The van der Waals surface area contributed by atoms with Crippen molar-refractivity contribution in [1.82, 2.24) is 29.6 Å². The Kier molecular flexibility index (Phi) is 5.31. The van der Waals surface area contributed by atoms with Gasteiger partial charge in [0.2, 0.25) is 5.91 Å². The Morgan fingerprint density at radius 2 is 1.77 bits per heavy atom. The van der Waals surface area contributed by atoms with Crippen LogP contribution >= 0.6 is 0 Å². The fraction of sp³-hybridized carbons (Fsp3) is 0.318. The molecule has 0 bridgehead atoms. The van der Waals surface area contributed by atoms with Crippen LogP contribution in [0.3, 0.4) is 0 Å². The van der Waals surface area contributed by atoms with Gasteiger partial charge in [-0.3, -0.25) is 4.79 Å². The van der Waals surface area contributed by atoms with Gasteiger partial charge in [-0.05, 0) is 69.0 Å². The highest BCUT2D eigenvalue weighted by Gasteiger charge is 2.16. The van der Waals surface area contributed by atoms with Gasteiger partial charge in [0, 0.05) is 17.8 Å². The van der Waals surface area contributed by atoms with Crippen molar-refractivity contribution in [2.45, 2.75) is 47.0 Å². The number of aromatic nitrogens is 6. The van der Waals surface area contributed by atoms with E-state index in [1.807, 2.05) is 61.9 Å². The molecule has 4 aromatic rings. The maximum Gasteiger partial charge on any atom is 0.224 e. The fourth-order valence-corrected chi connectivity index (χ4v) is 3.55. The van der Waals surface area contributed by atoms with Crippen LogP contribution in [0.1, 0.15) is 41.7 Å². The predicted molar refractivity (Wildman–Crippen MR) is 115 cm³/mol. The van der Waals surface area contributed by atoms with Crippen LogP contribution in [0, 0.1) is 20.8 Å². The molecule has 8 heteroatoms. The quantitative estimate of drug-likeness (QED) is 0.533. The lowest BCUT2D eigenvalue weighted by atomic mass is 10.1. The SMILES string of the molecule is CCc1ccc(NC(=O)CCc2c(C)nn(-c3ccc4nnc(C)n4n3)c2C)cc1. The molecule has 154 valence electrons. The van der Waals surface area contributed by atoms with Crippen LogP contribution in [0.4, 0.5) is 5.69 Å². The van der Waals surface area contributed by atoms with Crippen LogP contribution in [0.25, 0.3) is 11.5 Å². The number of carbonyl (C=O) groups is 1. The van der Waals surface area contributed by atoms with Crippen LogP contribution in [0.2, 0.25) is 0 Å². The number of nitrogens with zero attached hydrogens (tertiary/aromatic N) is 6. The number of hydrogen-bond donors (Lipinski definition) is 1. The molecule has 3 heterocycles. The van der Waals surface area contributed by atoms with E-state index in [4.69, 9.17) is 0 Å². The van der Waals surface area contributed by atoms with Crippen molar-refractivity contribution in [2.24, 2.45) is 0 Å². The average molecular weight is 403 g/mol. The van der Waals surface area contributed by atoms with E-state index in [-0.39, 0.29) is 5.91 Å². The summed E-state index contributed by atoms with van der Waals surface area (Å²) >= 11 is 0. The van der Waals surface area contributed by atoms with Crippen molar-refractivity contribution in [1.29, 1.82) is 0 Å². The third-order valence-electron chi connectivity index (χ3n) is 5.31. The molecule has 0 saturated carbocycles. The zero-order chi connectivity index (χ0) is 21.3. The van der Waals surface area contributed by atoms with Crippen LogP contribution in [0.15, 0.2) is 36.4 Å². The molecule has 4 rings (SSSR count). The van der Waals surface area contributed by atoms with Crippen LogP contribution < -0.4 is 5.32 Å². The summed E-state index contributed by atoms with van der Waals surface area (Å²) < 4.78 is 3.51. The molecule has 0 fully saturated rings. The first-order valence-corrected chi connectivity index (χ1v) is 10.1. The molecule has 0 radical (unpaired) electrons. The Bertz CT molecular complexity index is 1200. The van der Waals surface area contributed by atoms with Gasteiger partial charge in [-0.15, -0.1) is 15.3 Å². The van der Waals surface area contributed by atoms with Crippen molar-refractivity contribution < 1.29 is 4.79 Å². The summed E-state index contributed by atoms with van der Waals surface area (Å²) in [5, 5.41) is 20.3. The number of aryl methyl sites for hydroxylation is 3. The first-order valence-electron chi connectivity index (χ1n) is 10.1. The van der Waals surface area contributed by atoms with E-state index in [0.29, 0.717) is 24.3 Å². The molecule has 30 heavy (non-hydrogen) atoms. The predicted octanol–water partition coefficient (Wildman–Crippen LogP) is 3.37. The largest absolute Gasteiger partial charge is 0.326 e. The Morgan fingerprint density at radius 1 is 1.00 bits per heavy atom. The maximum absolute atomic E-state index is 12.4. The third-order valence-corrected chi connectivity index (χ3v) is 5.31. The Balaban J connectivity index is 1.48.